The van der Waals surface area contributed by atoms with E-state index in [1.54, 1.807) is 0 Å². The van der Waals surface area contributed by atoms with E-state index in [1.165, 1.54) is 70.6 Å². The van der Waals surface area contributed by atoms with Crippen molar-refractivity contribution in [2.75, 3.05) is 0 Å². The van der Waals surface area contributed by atoms with Gasteiger partial charge in [-0.1, -0.05) is 121 Å². The highest BCUT2D eigenvalue weighted by molar-refractivity contribution is 5.69. The lowest BCUT2D eigenvalue weighted by atomic mass is 10.0. The summed E-state index contributed by atoms with van der Waals surface area (Å²) in [6.07, 6.45) is 38.7. The van der Waals surface area contributed by atoms with Crippen molar-refractivity contribution < 1.29 is 19.4 Å². The summed E-state index contributed by atoms with van der Waals surface area (Å²) in [4.78, 5) is 23.2. The number of hydrogen-bond donors (Lipinski definition) is 1. The van der Waals surface area contributed by atoms with Crippen LogP contribution in [0.4, 0.5) is 0 Å². The predicted molar refractivity (Wildman–Crippen MR) is 167 cm³/mol. The predicted octanol–water partition coefficient (Wildman–Crippen LogP) is 11.1. The number of carbonyl (C=O) groups is 2. The second-order valence-electron chi connectivity index (χ2n) is 11.0. The Kier molecular flexibility index (Phi) is 29.2. The number of carboxylic acid groups (broad SMARTS) is 1. The van der Waals surface area contributed by atoms with Gasteiger partial charge in [-0.3, -0.25) is 9.59 Å². The first-order chi connectivity index (χ1) is 19.1. The van der Waals surface area contributed by atoms with E-state index in [0.717, 1.165) is 64.2 Å². The van der Waals surface area contributed by atoms with Gasteiger partial charge in [0, 0.05) is 12.8 Å². The number of unbranched alkanes of at least 4 members (excludes halogenated alkanes) is 14. The lowest BCUT2D eigenvalue weighted by Crippen LogP contribution is -2.18. The van der Waals surface area contributed by atoms with Crippen molar-refractivity contribution in [2.45, 2.75) is 174 Å². The van der Waals surface area contributed by atoms with Gasteiger partial charge >= 0.3 is 11.9 Å². The second kappa shape index (κ2) is 30.7. The summed E-state index contributed by atoms with van der Waals surface area (Å²) < 4.78 is 5.87. The number of hydrogen-bond acceptors (Lipinski definition) is 3. The van der Waals surface area contributed by atoms with Crippen LogP contribution in [0, 0.1) is 0 Å². The SMILES string of the molecule is CC/C=C\C/C=C\C/C=C\CCCCCCCCCC(=O)OC(CCCCCCCC)CCCCCC(=O)O. The van der Waals surface area contributed by atoms with Gasteiger partial charge in [0.2, 0.25) is 0 Å². The van der Waals surface area contributed by atoms with Crippen molar-refractivity contribution in [3.8, 4) is 0 Å². The van der Waals surface area contributed by atoms with Crippen LogP contribution in [0.1, 0.15) is 168 Å². The Morgan fingerprint density at radius 3 is 1.69 bits per heavy atom. The molecule has 0 rings (SSSR count). The van der Waals surface area contributed by atoms with E-state index in [0.29, 0.717) is 12.8 Å². The molecule has 0 fully saturated rings. The molecule has 0 aromatic rings. The van der Waals surface area contributed by atoms with Gasteiger partial charge in [-0.2, -0.15) is 0 Å². The molecule has 226 valence electrons. The zero-order valence-electron chi connectivity index (χ0n) is 25.7. The highest BCUT2D eigenvalue weighted by atomic mass is 16.5. The van der Waals surface area contributed by atoms with Crippen molar-refractivity contribution in [3.63, 3.8) is 0 Å². The standard InChI is InChI=1S/C35H62O4/c1-3-5-7-9-11-12-13-14-15-16-17-18-19-20-21-23-28-32-35(38)39-33(29-25-22-10-8-6-4-2)30-26-24-27-31-34(36)37/h5,7,11-12,14-15,33H,3-4,6,8-10,13,16-32H2,1-2H3,(H,36,37)/b7-5-,12-11-,15-14-. The third-order valence-corrected chi connectivity index (χ3v) is 7.13. The summed E-state index contributed by atoms with van der Waals surface area (Å²) in [5.41, 5.74) is 0. The summed E-state index contributed by atoms with van der Waals surface area (Å²) in [5, 5.41) is 8.81. The van der Waals surface area contributed by atoms with Gasteiger partial charge in [-0.15, -0.1) is 0 Å². The monoisotopic (exact) mass is 546 g/mol. The van der Waals surface area contributed by atoms with E-state index in [9.17, 15) is 9.59 Å². The fraction of sp³-hybridized carbons (Fsp3) is 0.771. The third kappa shape index (κ3) is 30.6. The zero-order valence-corrected chi connectivity index (χ0v) is 25.7. The number of carboxylic acids is 1. The topological polar surface area (TPSA) is 63.6 Å². The minimum atomic E-state index is -0.729. The van der Waals surface area contributed by atoms with E-state index < -0.39 is 5.97 Å². The number of allylic oxidation sites excluding steroid dienone is 6. The van der Waals surface area contributed by atoms with Gasteiger partial charge in [0.25, 0.3) is 0 Å². The lowest BCUT2D eigenvalue weighted by Gasteiger charge is -2.18. The Bertz CT molecular complexity index is 635. The van der Waals surface area contributed by atoms with E-state index in [2.05, 4.69) is 50.3 Å². The molecule has 0 radical (unpaired) electrons. The molecule has 0 saturated carbocycles. The van der Waals surface area contributed by atoms with Gasteiger partial charge in [-0.05, 0) is 70.6 Å². The average molecular weight is 547 g/mol. The van der Waals surface area contributed by atoms with E-state index >= 15 is 0 Å². The van der Waals surface area contributed by atoms with Crippen LogP contribution >= 0.6 is 0 Å². The number of rotatable bonds is 29. The molecule has 1 N–H and O–H groups in total. The molecule has 0 bridgehead atoms. The summed E-state index contributed by atoms with van der Waals surface area (Å²) in [7, 11) is 0. The van der Waals surface area contributed by atoms with Crippen LogP contribution in [-0.2, 0) is 14.3 Å². The first kappa shape index (κ1) is 37.2. The molecule has 0 aromatic heterocycles. The van der Waals surface area contributed by atoms with Crippen molar-refractivity contribution in [3.05, 3.63) is 36.5 Å². The molecular weight excluding hydrogens is 484 g/mol. The molecule has 0 aliphatic heterocycles. The number of ether oxygens (including phenoxy) is 1. The van der Waals surface area contributed by atoms with Gasteiger partial charge < -0.3 is 9.84 Å². The maximum Gasteiger partial charge on any atom is 0.306 e. The molecular formula is C35H62O4. The molecule has 4 nitrogen and oxygen atoms in total. The minimum Gasteiger partial charge on any atom is -0.481 e. The molecule has 0 aromatic carbocycles. The molecule has 1 atom stereocenters. The quantitative estimate of drug-likeness (QED) is 0.0575. The van der Waals surface area contributed by atoms with Crippen LogP contribution < -0.4 is 0 Å². The van der Waals surface area contributed by atoms with Crippen LogP contribution in [0.15, 0.2) is 36.5 Å². The van der Waals surface area contributed by atoms with Crippen molar-refractivity contribution in [2.24, 2.45) is 0 Å². The molecule has 0 aliphatic rings. The largest absolute Gasteiger partial charge is 0.481 e. The Morgan fingerprint density at radius 2 is 1.08 bits per heavy atom. The smallest absolute Gasteiger partial charge is 0.306 e. The molecule has 0 heterocycles. The average Bonchev–Trinajstić information content (AvgIpc) is 2.91. The zero-order chi connectivity index (χ0) is 28.7. The maximum absolute atomic E-state index is 12.5. The van der Waals surface area contributed by atoms with Gasteiger partial charge in [0.15, 0.2) is 0 Å². The molecule has 0 aliphatic carbocycles. The summed E-state index contributed by atoms with van der Waals surface area (Å²) in [5.74, 6) is -0.775. The van der Waals surface area contributed by atoms with Crippen molar-refractivity contribution in [1.29, 1.82) is 0 Å². The number of carbonyl (C=O) groups excluding carboxylic acids is 1. The van der Waals surface area contributed by atoms with Crippen LogP contribution in [0.2, 0.25) is 0 Å². The molecule has 0 spiro atoms. The highest BCUT2D eigenvalue weighted by Crippen LogP contribution is 2.18. The summed E-state index contributed by atoms with van der Waals surface area (Å²) >= 11 is 0. The first-order valence-corrected chi connectivity index (χ1v) is 16.5. The van der Waals surface area contributed by atoms with Crippen LogP contribution in [0.3, 0.4) is 0 Å². The van der Waals surface area contributed by atoms with E-state index in [1.807, 2.05) is 0 Å². The van der Waals surface area contributed by atoms with Gasteiger partial charge in [0.1, 0.15) is 6.10 Å². The Balaban J connectivity index is 3.86. The van der Waals surface area contributed by atoms with Crippen LogP contribution in [-0.4, -0.2) is 23.1 Å². The minimum absolute atomic E-state index is 0.00141. The Morgan fingerprint density at radius 1 is 0.590 bits per heavy atom. The van der Waals surface area contributed by atoms with Crippen molar-refractivity contribution >= 4 is 11.9 Å². The number of esters is 1. The fourth-order valence-electron chi connectivity index (χ4n) is 4.73. The fourth-order valence-corrected chi connectivity index (χ4v) is 4.73. The Labute approximate surface area is 241 Å². The van der Waals surface area contributed by atoms with Crippen LogP contribution in [0.5, 0.6) is 0 Å². The van der Waals surface area contributed by atoms with Gasteiger partial charge in [0.05, 0.1) is 0 Å². The molecule has 39 heavy (non-hydrogen) atoms. The summed E-state index contributed by atoms with van der Waals surface area (Å²) in [6.45, 7) is 4.39. The molecule has 4 heteroatoms. The maximum atomic E-state index is 12.5. The van der Waals surface area contributed by atoms with E-state index in [4.69, 9.17) is 9.84 Å². The third-order valence-electron chi connectivity index (χ3n) is 7.13. The second-order valence-corrected chi connectivity index (χ2v) is 11.0. The van der Waals surface area contributed by atoms with E-state index in [-0.39, 0.29) is 18.5 Å². The molecule has 0 amide bonds. The highest BCUT2D eigenvalue weighted by Gasteiger charge is 2.14. The number of aliphatic carboxylic acids is 1. The Hall–Kier alpha value is -1.84. The van der Waals surface area contributed by atoms with Crippen LogP contribution in [0.25, 0.3) is 0 Å². The van der Waals surface area contributed by atoms with Gasteiger partial charge in [-0.25, -0.2) is 0 Å². The molecule has 0 saturated heterocycles. The lowest BCUT2D eigenvalue weighted by molar-refractivity contribution is -0.150. The van der Waals surface area contributed by atoms with Crippen molar-refractivity contribution in [1.82, 2.24) is 0 Å². The molecule has 1 unspecified atom stereocenters. The first-order valence-electron chi connectivity index (χ1n) is 16.5. The normalized spacial score (nSPS) is 12.7. The summed E-state index contributed by atoms with van der Waals surface area (Å²) in [6, 6.07) is 0.